The largest absolute Gasteiger partial charge is 0.497 e. The Balaban J connectivity index is 1.88. The quantitative estimate of drug-likeness (QED) is 0.366. The Morgan fingerprint density at radius 3 is 2.15 bits per heavy atom. The molecule has 34 heavy (non-hydrogen) atoms. The molecule has 0 unspecified atom stereocenters. The minimum Gasteiger partial charge on any atom is -0.497 e. The lowest BCUT2D eigenvalue weighted by molar-refractivity contribution is 0.0714. The Bertz CT molecular complexity index is 1430. The molecule has 0 aliphatic carbocycles. The van der Waals surface area contributed by atoms with E-state index in [4.69, 9.17) is 14.2 Å². The first-order valence-electron chi connectivity index (χ1n) is 10.3. The van der Waals surface area contributed by atoms with Gasteiger partial charge in [-0.25, -0.2) is 13.2 Å². The number of benzene rings is 3. The van der Waals surface area contributed by atoms with Gasteiger partial charge in [0.05, 0.1) is 30.5 Å². The van der Waals surface area contributed by atoms with Crippen molar-refractivity contribution in [3.05, 3.63) is 90.1 Å². The van der Waals surface area contributed by atoms with Crippen molar-refractivity contribution in [1.82, 2.24) is 9.78 Å². The number of aryl methyl sites for hydroxylation is 1. The Kier molecular flexibility index (Phi) is 6.38. The summed E-state index contributed by atoms with van der Waals surface area (Å²) in [5.74, 6) is -0.304. The zero-order chi connectivity index (χ0) is 24.3. The number of aromatic nitrogens is 2. The van der Waals surface area contributed by atoms with Gasteiger partial charge in [-0.15, -0.1) is 0 Å². The van der Waals surface area contributed by atoms with Crippen molar-refractivity contribution in [3.8, 4) is 23.1 Å². The lowest BCUT2D eigenvalue weighted by Crippen LogP contribution is -2.15. The molecule has 9 heteroatoms. The van der Waals surface area contributed by atoms with Gasteiger partial charge in [0.2, 0.25) is 15.7 Å². The fourth-order valence-electron chi connectivity index (χ4n) is 3.46. The van der Waals surface area contributed by atoms with Crippen LogP contribution in [0.25, 0.3) is 5.69 Å². The van der Waals surface area contributed by atoms with Gasteiger partial charge >= 0.3 is 5.97 Å². The summed E-state index contributed by atoms with van der Waals surface area (Å²) in [4.78, 5) is 13.1. The minimum atomic E-state index is -4.05. The van der Waals surface area contributed by atoms with E-state index in [1.807, 2.05) is 6.07 Å². The molecule has 0 N–H and O–H groups in total. The first-order valence-corrected chi connectivity index (χ1v) is 11.7. The van der Waals surface area contributed by atoms with Crippen LogP contribution in [0, 0.1) is 6.92 Å². The molecule has 0 aliphatic heterocycles. The van der Waals surface area contributed by atoms with Gasteiger partial charge in [-0.3, -0.25) is 0 Å². The van der Waals surface area contributed by atoms with Gasteiger partial charge in [-0.1, -0.05) is 36.4 Å². The number of esters is 1. The number of carbonyl (C=O) groups excluding carboxylic acids is 1. The maximum atomic E-state index is 13.6. The van der Waals surface area contributed by atoms with E-state index in [2.05, 4.69) is 5.10 Å². The third kappa shape index (κ3) is 4.25. The molecule has 4 rings (SSSR count). The summed E-state index contributed by atoms with van der Waals surface area (Å²) in [6.07, 6.45) is 0. The van der Waals surface area contributed by atoms with Gasteiger partial charge < -0.3 is 14.2 Å². The Morgan fingerprint density at radius 2 is 1.53 bits per heavy atom. The monoisotopic (exact) mass is 478 g/mol. The van der Waals surface area contributed by atoms with Crippen molar-refractivity contribution >= 4 is 15.8 Å². The number of sulfone groups is 1. The highest BCUT2D eigenvalue weighted by atomic mass is 32.2. The molecule has 0 saturated carbocycles. The summed E-state index contributed by atoms with van der Waals surface area (Å²) in [7, 11) is -1.15. The molecule has 174 valence electrons. The van der Waals surface area contributed by atoms with Gasteiger partial charge in [0.25, 0.3) is 0 Å². The number of methoxy groups -OCH3 is 2. The Labute approximate surface area is 197 Å². The molecule has 0 spiro atoms. The smallest absolute Gasteiger partial charge is 0.348 e. The first kappa shape index (κ1) is 23.1. The van der Waals surface area contributed by atoms with Crippen molar-refractivity contribution < 1.29 is 27.4 Å². The summed E-state index contributed by atoms with van der Waals surface area (Å²) in [5.41, 5.74) is 0.826. The summed E-state index contributed by atoms with van der Waals surface area (Å²) in [5, 5.41) is 4.40. The van der Waals surface area contributed by atoms with Gasteiger partial charge in [-0.05, 0) is 43.3 Å². The fourth-order valence-corrected chi connectivity index (χ4v) is 5.00. The Morgan fingerprint density at radius 1 is 0.882 bits per heavy atom. The molecule has 3 aromatic carbocycles. The number of nitrogens with zero attached hydrogens (tertiary/aromatic N) is 2. The third-order valence-electron chi connectivity index (χ3n) is 5.11. The highest BCUT2D eigenvalue weighted by Crippen LogP contribution is 2.35. The highest BCUT2D eigenvalue weighted by Gasteiger charge is 2.32. The summed E-state index contributed by atoms with van der Waals surface area (Å²) in [6.45, 7) is 1.56. The molecule has 0 bridgehead atoms. The summed E-state index contributed by atoms with van der Waals surface area (Å²) < 4.78 is 44.6. The number of para-hydroxylation sites is 1. The van der Waals surface area contributed by atoms with Crippen LogP contribution >= 0.6 is 0 Å². The second-order valence-corrected chi connectivity index (χ2v) is 9.13. The fraction of sp³-hybridized carbons (Fsp3) is 0.120. The maximum absolute atomic E-state index is 13.6. The lowest BCUT2D eigenvalue weighted by Gasteiger charge is -2.13. The van der Waals surface area contributed by atoms with Crippen molar-refractivity contribution in [2.75, 3.05) is 14.2 Å². The Hall–Kier alpha value is -4.11. The van der Waals surface area contributed by atoms with E-state index in [0.29, 0.717) is 11.4 Å². The molecule has 4 aromatic rings. The minimum absolute atomic E-state index is 0.0602. The first-order chi connectivity index (χ1) is 16.4. The van der Waals surface area contributed by atoms with Crippen molar-refractivity contribution in [2.45, 2.75) is 16.7 Å². The standard InChI is InChI=1S/C25H22N2O6S/c1-17-23(34(29,30)20-12-8-5-9-13-20)24(27(26-17)18-10-6-4-7-11-18)33-25(28)21-15-14-19(31-2)16-22(21)32-3/h4-16H,1-3H3. The number of hydrogen-bond donors (Lipinski definition) is 0. The van der Waals surface area contributed by atoms with Crippen LogP contribution in [0.5, 0.6) is 17.4 Å². The van der Waals surface area contributed by atoms with Crippen LogP contribution in [0.2, 0.25) is 0 Å². The van der Waals surface area contributed by atoms with Crippen LogP contribution in [-0.2, 0) is 9.84 Å². The molecule has 0 amide bonds. The maximum Gasteiger partial charge on any atom is 0.348 e. The summed E-state index contributed by atoms with van der Waals surface area (Å²) in [6, 6.07) is 21.4. The zero-order valence-corrected chi connectivity index (χ0v) is 19.6. The van der Waals surface area contributed by atoms with Gasteiger partial charge in [0.1, 0.15) is 17.1 Å². The normalized spacial score (nSPS) is 11.1. The average molecular weight is 479 g/mol. The second kappa shape index (κ2) is 9.40. The molecule has 1 heterocycles. The van der Waals surface area contributed by atoms with Gasteiger partial charge in [0.15, 0.2) is 4.90 Å². The number of hydrogen-bond acceptors (Lipinski definition) is 7. The molecule has 0 atom stereocenters. The van der Waals surface area contributed by atoms with Crippen LogP contribution < -0.4 is 14.2 Å². The molecule has 0 saturated heterocycles. The molecular weight excluding hydrogens is 456 g/mol. The van der Waals surface area contributed by atoms with E-state index in [0.717, 1.165) is 0 Å². The van der Waals surface area contributed by atoms with Crippen molar-refractivity contribution in [2.24, 2.45) is 0 Å². The van der Waals surface area contributed by atoms with Crippen molar-refractivity contribution in [1.29, 1.82) is 0 Å². The molecule has 0 aliphatic rings. The summed E-state index contributed by atoms with van der Waals surface area (Å²) >= 11 is 0. The van der Waals surface area contributed by atoms with Crippen LogP contribution in [0.15, 0.2) is 88.7 Å². The van der Waals surface area contributed by atoms with E-state index in [1.165, 1.54) is 43.2 Å². The number of carbonyl (C=O) groups is 1. The molecular formula is C25H22N2O6S. The molecule has 8 nitrogen and oxygen atoms in total. The van der Waals surface area contributed by atoms with E-state index in [9.17, 15) is 13.2 Å². The van der Waals surface area contributed by atoms with E-state index >= 15 is 0 Å². The SMILES string of the molecule is COc1ccc(C(=O)Oc2c(S(=O)(=O)c3ccccc3)c(C)nn2-c2ccccc2)c(OC)c1. The molecule has 1 aromatic heterocycles. The molecule has 0 radical (unpaired) electrons. The van der Waals surface area contributed by atoms with Crippen LogP contribution in [0.3, 0.4) is 0 Å². The third-order valence-corrected chi connectivity index (χ3v) is 7.01. The van der Waals surface area contributed by atoms with Crippen LogP contribution in [0.4, 0.5) is 0 Å². The predicted octanol–water partition coefficient (Wildman–Crippen LogP) is 4.25. The van der Waals surface area contributed by atoms with Crippen LogP contribution in [0.1, 0.15) is 16.1 Å². The van der Waals surface area contributed by atoms with E-state index in [-0.39, 0.29) is 32.7 Å². The van der Waals surface area contributed by atoms with Crippen LogP contribution in [-0.4, -0.2) is 38.4 Å². The molecule has 0 fully saturated rings. The van der Waals surface area contributed by atoms with E-state index < -0.39 is 15.8 Å². The topological polar surface area (TPSA) is 96.7 Å². The van der Waals surface area contributed by atoms with Gasteiger partial charge in [-0.2, -0.15) is 9.78 Å². The second-order valence-electron chi connectivity index (χ2n) is 7.24. The number of rotatable bonds is 7. The predicted molar refractivity (Wildman–Crippen MR) is 125 cm³/mol. The zero-order valence-electron chi connectivity index (χ0n) is 18.8. The number of ether oxygens (including phenoxy) is 3. The van der Waals surface area contributed by atoms with Gasteiger partial charge in [0, 0.05) is 6.07 Å². The van der Waals surface area contributed by atoms with Crippen molar-refractivity contribution in [3.63, 3.8) is 0 Å². The average Bonchev–Trinajstić information content (AvgIpc) is 3.20. The lowest BCUT2D eigenvalue weighted by atomic mass is 10.2. The highest BCUT2D eigenvalue weighted by molar-refractivity contribution is 7.91. The van der Waals surface area contributed by atoms with E-state index in [1.54, 1.807) is 55.5 Å².